The van der Waals surface area contributed by atoms with Crippen LogP contribution in [0.4, 0.5) is 0 Å². The van der Waals surface area contributed by atoms with E-state index in [2.05, 4.69) is 41.7 Å². The van der Waals surface area contributed by atoms with E-state index in [0.29, 0.717) is 0 Å². The smallest absolute Gasteiger partial charge is 0.161 e. The van der Waals surface area contributed by atoms with Gasteiger partial charge in [0.05, 0.1) is 14.2 Å². The van der Waals surface area contributed by atoms with Crippen LogP contribution in [0, 0.1) is 0 Å². The molecule has 20 heavy (non-hydrogen) atoms. The van der Waals surface area contributed by atoms with E-state index in [9.17, 15) is 0 Å². The highest BCUT2D eigenvalue weighted by atomic mass is 16.5. The summed E-state index contributed by atoms with van der Waals surface area (Å²) in [5.74, 6) is 1.49. The van der Waals surface area contributed by atoms with Crippen molar-refractivity contribution >= 4 is 5.57 Å². The van der Waals surface area contributed by atoms with Crippen molar-refractivity contribution < 1.29 is 9.47 Å². The topological polar surface area (TPSA) is 33.7 Å². The van der Waals surface area contributed by atoms with Crippen molar-refractivity contribution in [1.82, 2.24) is 10.2 Å². The molecule has 1 unspecified atom stereocenters. The third-order valence-electron chi connectivity index (χ3n) is 3.70. The number of nitrogens with one attached hydrogen (secondary N) is 1. The maximum absolute atomic E-state index is 5.38. The molecule has 2 heterocycles. The van der Waals surface area contributed by atoms with E-state index in [-0.39, 0.29) is 6.17 Å². The summed E-state index contributed by atoms with van der Waals surface area (Å²) in [5, 5.41) is 3.34. The second-order valence-corrected chi connectivity index (χ2v) is 4.82. The van der Waals surface area contributed by atoms with Crippen molar-refractivity contribution in [2.45, 2.75) is 6.17 Å². The number of allylic oxidation sites excluding steroid dienone is 2. The molecule has 0 saturated heterocycles. The maximum Gasteiger partial charge on any atom is 0.161 e. The van der Waals surface area contributed by atoms with Gasteiger partial charge in [-0.15, -0.1) is 0 Å². The SMILES string of the molecule is COc1ccc(C2=C3C=CNC3N(C)C=C2)cc1OC. The fourth-order valence-corrected chi connectivity index (χ4v) is 2.63. The van der Waals surface area contributed by atoms with Gasteiger partial charge in [0.15, 0.2) is 11.5 Å². The van der Waals surface area contributed by atoms with Crippen LogP contribution >= 0.6 is 0 Å². The van der Waals surface area contributed by atoms with Crippen LogP contribution < -0.4 is 14.8 Å². The molecule has 0 amide bonds. The zero-order chi connectivity index (χ0) is 14.1. The Hall–Kier alpha value is -2.36. The van der Waals surface area contributed by atoms with Crippen molar-refractivity contribution in [3.05, 3.63) is 53.9 Å². The molecule has 104 valence electrons. The number of methoxy groups -OCH3 is 2. The molecule has 0 fully saturated rings. The first-order chi connectivity index (χ1) is 9.74. The fourth-order valence-electron chi connectivity index (χ4n) is 2.63. The van der Waals surface area contributed by atoms with Gasteiger partial charge in [-0.25, -0.2) is 0 Å². The van der Waals surface area contributed by atoms with E-state index in [1.54, 1.807) is 14.2 Å². The van der Waals surface area contributed by atoms with Crippen LogP contribution in [0.1, 0.15) is 5.56 Å². The molecule has 2 aliphatic heterocycles. The molecule has 0 aromatic heterocycles. The molecule has 3 rings (SSSR count). The predicted octanol–water partition coefficient (Wildman–Crippen LogP) is 2.36. The third-order valence-corrected chi connectivity index (χ3v) is 3.70. The number of ether oxygens (including phenoxy) is 2. The highest BCUT2D eigenvalue weighted by Gasteiger charge is 2.25. The molecule has 1 aromatic carbocycles. The highest BCUT2D eigenvalue weighted by Crippen LogP contribution is 2.35. The lowest BCUT2D eigenvalue weighted by atomic mass is 9.96. The summed E-state index contributed by atoms with van der Waals surface area (Å²) in [4.78, 5) is 2.15. The number of benzene rings is 1. The van der Waals surface area contributed by atoms with E-state index >= 15 is 0 Å². The van der Waals surface area contributed by atoms with E-state index in [0.717, 1.165) is 17.1 Å². The Morgan fingerprint density at radius 1 is 1.10 bits per heavy atom. The molecule has 0 spiro atoms. The van der Waals surface area contributed by atoms with Crippen LogP contribution in [-0.2, 0) is 0 Å². The minimum Gasteiger partial charge on any atom is -0.493 e. The number of fused-ring (bicyclic) bond motifs is 1. The number of hydrogen-bond acceptors (Lipinski definition) is 4. The Balaban J connectivity index is 2.07. The molecular weight excluding hydrogens is 252 g/mol. The average Bonchev–Trinajstić information content (AvgIpc) is 2.97. The van der Waals surface area contributed by atoms with Crippen LogP contribution in [0.25, 0.3) is 5.57 Å². The standard InChI is InChI=1S/C16H18N2O2/c1-18-9-7-12(13-6-8-17-16(13)18)11-4-5-14(19-2)15(10-11)20-3/h4-10,16-17H,1-3H3. The van der Waals surface area contributed by atoms with Crippen molar-refractivity contribution in [2.24, 2.45) is 0 Å². The van der Waals surface area contributed by atoms with Gasteiger partial charge in [-0.3, -0.25) is 0 Å². The summed E-state index contributed by atoms with van der Waals surface area (Å²) in [6.45, 7) is 0. The molecule has 0 saturated carbocycles. The molecular formula is C16H18N2O2. The summed E-state index contributed by atoms with van der Waals surface area (Å²) < 4.78 is 10.7. The average molecular weight is 270 g/mol. The van der Waals surface area contributed by atoms with Crippen LogP contribution in [0.3, 0.4) is 0 Å². The summed E-state index contributed by atoms with van der Waals surface area (Å²) in [6, 6.07) is 6.01. The molecule has 2 aliphatic rings. The summed E-state index contributed by atoms with van der Waals surface area (Å²) in [6.07, 6.45) is 8.54. The zero-order valence-corrected chi connectivity index (χ0v) is 11.9. The molecule has 4 nitrogen and oxygen atoms in total. The first-order valence-corrected chi connectivity index (χ1v) is 6.54. The molecule has 0 radical (unpaired) electrons. The summed E-state index contributed by atoms with van der Waals surface area (Å²) in [7, 11) is 5.37. The lowest BCUT2D eigenvalue weighted by Gasteiger charge is -2.29. The molecule has 0 bridgehead atoms. The van der Waals surface area contributed by atoms with Gasteiger partial charge in [-0.2, -0.15) is 0 Å². The Morgan fingerprint density at radius 3 is 2.65 bits per heavy atom. The maximum atomic E-state index is 5.38. The van der Waals surface area contributed by atoms with Crippen molar-refractivity contribution in [3.63, 3.8) is 0 Å². The number of nitrogens with zero attached hydrogens (tertiary/aromatic N) is 1. The highest BCUT2D eigenvalue weighted by molar-refractivity contribution is 5.81. The second-order valence-electron chi connectivity index (χ2n) is 4.82. The van der Waals surface area contributed by atoms with Gasteiger partial charge in [0, 0.05) is 18.8 Å². The predicted molar refractivity (Wildman–Crippen MR) is 79.4 cm³/mol. The van der Waals surface area contributed by atoms with Gasteiger partial charge in [0.2, 0.25) is 0 Å². The quantitative estimate of drug-likeness (QED) is 0.914. The van der Waals surface area contributed by atoms with Crippen LogP contribution in [0.2, 0.25) is 0 Å². The zero-order valence-electron chi connectivity index (χ0n) is 11.9. The number of rotatable bonds is 3. The van der Waals surface area contributed by atoms with Gasteiger partial charge in [0.1, 0.15) is 6.17 Å². The first kappa shape index (κ1) is 12.7. The Labute approximate surface area is 119 Å². The minimum absolute atomic E-state index is 0.211. The molecule has 0 aliphatic carbocycles. The van der Waals surface area contributed by atoms with E-state index < -0.39 is 0 Å². The van der Waals surface area contributed by atoms with E-state index in [1.807, 2.05) is 18.3 Å². The number of likely N-dealkylation sites (N-methyl/N-ethyl adjacent to an activating group) is 1. The molecule has 1 atom stereocenters. The van der Waals surface area contributed by atoms with Crippen LogP contribution in [-0.4, -0.2) is 32.3 Å². The van der Waals surface area contributed by atoms with E-state index in [1.165, 1.54) is 11.1 Å². The van der Waals surface area contributed by atoms with Gasteiger partial charge in [0.25, 0.3) is 0 Å². The normalized spacial score (nSPS) is 19.9. The van der Waals surface area contributed by atoms with Crippen molar-refractivity contribution in [2.75, 3.05) is 21.3 Å². The number of hydrogen-bond donors (Lipinski definition) is 1. The molecule has 1 N–H and O–H groups in total. The molecule has 4 heteroatoms. The van der Waals surface area contributed by atoms with Crippen molar-refractivity contribution in [1.29, 1.82) is 0 Å². The lowest BCUT2D eigenvalue weighted by Crippen LogP contribution is -2.37. The van der Waals surface area contributed by atoms with Gasteiger partial charge < -0.3 is 19.7 Å². The van der Waals surface area contributed by atoms with Crippen LogP contribution in [0.5, 0.6) is 11.5 Å². The Kier molecular flexibility index (Phi) is 3.14. The first-order valence-electron chi connectivity index (χ1n) is 6.54. The third kappa shape index (κ3) is 1.93. The Bertz CT molecular complexity index is 617. The van der Waals surface area contributed by atoms with Gasteiger partial charge in [-0.1, -0.05) is 6.07 Å². The van der Waals surface area contributed by atoms with Gasteiger partial charge >= 0.3 is 0 Å². The lowest BCUT2D eigenvalue weighted by molar-refractivity contribution is 0.351. The van der Waals surface area contributed by atoms with E-state index in [4.69, 9.17) is 9.47 Å². The minimum atomic E-state index is 0.211. The Morgan fingerprint density at radius 2 is 1.90 bits per heavy atom. The van der Waals surface area contributed by atoms with Crippen LogP contribution in [0.15, 0.2) is 48.3 Å². The van der Waals surface area contributed by atoms with Crippen molar-refractivity contribution in [3.8, 4) is 11.5 Å². The summed E-state index contributed by atoms with van der Waals surface area (Å²) >= 11 is 0. The fraction of sp³-hybridized carbons (Fsp3) is 0.250. The molecule has 1 aromatic rings. The second kappa shape index (κ2) is 4.96. The monoisotopic (exact) mass is 270 g/mol. The summed E-state index contributed by atoms with van der Waals surface area (Å²) in [5.41, 5.74) is 3.60. The van der Waals surface area contributed by atoms with Gasteiger partial charge in [-0.05, 0) is 41.6 Å². The largest absolute Gasteiger partial charge is 0.493 e.